The van der Waals surface area contributed by atoms with Gasteiger partial charge in [-0.2, -0.15) is 0 Å². The first-order valence-electron chi connectivity index (χ1n) is 4.75. The van der Waals surface area contributed by atoms with E-state index >= 15 is 0 Å². The molecule has 0 aliphatic carbocycles. The maximum Gasteiger partial charge on any atom is 0.303 e. The van der Waals surface area contributed by atoms with Gasteiger partial charge in [-0.15, -0.1) is 0 Å². The van der Waals surface area contributed by atoms with Gasteiger partial charge in [-0.3, -0.25) is 9.59 Å². The van der Waals surface area contributed by atoms with E-state index < -0.39 is 5.97 Å². The van der Waals surface area contributed by atoms with Crippen LogP contribution in [0.3, 0.4) is 0 Å². The van der Waals surface area contributed by atoms with Gasteiger partial charge in [0.1, 0.15) is 0 Å². The van der Waals surface area contributed by atoms with Gasteiger partial charge in [-0.05, 0) is 12.3 Å². The minimum absolute atomic E-state index is 0.193. The normalized spacial score (nSPS) is 8.93. The van der Waals surface area contributed by atoms with E-state index in [0.29, 0.717) is 6.61 Å². The molecule has 0 fully saturated rings. The molecule has 0 aliphatic heterocycles. The molecule has 14 heavy (non-hydrogen) atoms. The summed E-state index contributed by atoms with van der Waals surface area (Å²) < 4.78 is 4.55. The Morgan fingerprint density at radius 3 is 1.93 bits per heavy atom. The average molecular weight is 204 g/mol. The molecule has 4 nitrogen and oxygen atoms in total. The molecule has 0 aromatic heterocycles. The molecule has 0 saturated carbocycles. The van der Waals surface area contributed by atoms with Crippen LogP contribution in [0.1, 0.15) is 40.5 Å². The van der Waals surface area contributed by atoms with Gasteiger partial charge in [0.15, 0.2) is 0 Å². The van der Waals surface area contributed by atoms with Gasteiger partial charge in [-0.25, -0.2) is 0 Å². The molecule has 0 amide bonds. The summed E-state index contributed by atoms with van der Waals surface area (Å²) in [5, 5.41) is 8.08. The second-order valence-corrected chi connectivity index (χ2v) is 3.33. The first kappa shape index (κ1) is 15.4. The zero-order valence-corrected chi connectivity index (χ0v) is 9.37. The molecule has 0 radical (unpaired) electrons. The predicted octanol–water partition coefficient (Wildman–Crippen LogP) is 2.08. The monoisotopic (exact) mass is 204 g/mol. The molecule has 0 saturated heterocycles. The highest BCUT2D eigenvalue weighted by Gasteiger charge is 1.98. The lowest BCUT2D eigenvalue weighted by atomic mass is 10.1. The lowest BCUT2D eigenvalue weighted by Crippen LogP contribution is -1.99. The van der Waals surface area contributed by atoms with Crippen LogP contribution in [0.15, 0.2) is 0 Å². The molecule has 1 N–H and O–H groups in total. The fourth-order valence-electron chi connectivity index (χ4n) is 0.595. The van der Waals surface area contributed by atoms with Crippen molar-refractivity contribution in [2.24, 2.45) is 5.92 Å². The second-order valence-electron chi connectivity index (χ2n) is 3.33. The fourth-order valence-corrected chi connectivity index (χ4v) is 0.595. The highest BCUT2D eigenvalue weighted by molar-refractivity contribution is 5.66. The summed E-state index contributed by atoms with van der Waals surface area (Å²) in [6, 6.07) is 0. The third-order valence-electron chi connectivity index (χ3n) is 1.09. The average Bonchev–Trinajstić information content (AvgIpc) is 1.99. The molecular weight excluding hydrogens is 184 g/mol. The molecule has 84 valence electrons. The Hall–Kier alpha value is -1.06. The lowest BCUT2D eigenvalue weighted by molar-refractivity contribution is -0.141. The molecule has 0 bridgehead atoms. The van der Waals surface area contributed by atoms with Gasteiger partial charge in [0.05, 0.1) is 6.61 Å². The molecule has 0 heterocycles. The number of carbonyl (C=O) groups is 2. The number of hydrogen-bond acceptors (Lipinski definition) is 3. The van der Waals surface area contributed by atoms with Crippen LogP contribution in [0, 0.1) is 5.92 Å². The van der Waals surface area contributed by atoms with Crippen LogP contribution in [0.4, 0.5) is 0 Å². The van der Waals surface area contributed by atoms with Gasteiger partial charge in [-0.1, -0.05) is 20.8 Å². The maximum absolute atomic E-state index is 9.98. The summed E-state index contributed by atoms with van der Waals surface area (Å²) >= 11 is 0. The molecule has 0 atom stereocenters. The predicted molar refractivity (Wildman–Crippen MR) is 54.0 cm³/mol. The molecule has 0 aromatic carbocycles. The van der Waals surface area contributed by atoms with E-state index in [1.807, 2.05) is 20.8 Å². The molecular formula is C10H20O4. The van der Waals surface area contributed by atoms with Crippen molar-refractivity contribution in [1.82, 2.24) is 0 Å². The van der Waals surface area contributed by atoms with E-state index in [1.54, 1.807) is 0 Å². The van der Waals surface area contributed by atoms with Crippen LogP contribution < -0.4 is 0 Å². The SMILES string of the molecule is CC(C)CC(=O)O.CCCOC(C)=O. The first-order chi connectivity index (χ1) is 6.40. The van der Waals surface area contributed by atoms with E-state index in [1.165, 1.54) is 6.92 Å². The summed E-state index contributed by atoms with van der Waals surface area (Å²) in [5.41, 5.74) is 0. The van der Waals surface area contributed by atoms with Crippen molar-refractivity contribution in [3.8, 4) is 0 Å². The van der Waals surface area contributed by atoms with Crippen molar-refractivity contribution in [2.75, 3.05) is 6.61 Å². The number of esters is 1. The molecule has 4 heteroatoms. The molecule has 0 aromatic rings. The minimum atomic E-state index is -0.713. The minimum Gasteiger partial charge on any atom is -0.481 e. The van der Waals surface area contributed by atoms with E-state index in [0.717, 1.165) is 6.42 Å². The third-order valence-corrected chi connectivity index (χ3v) is 1.09. The Bertz CT molecular complexity index is 164. The fraction of sp³-hybridized carbons (Fsp3) is 0.800. The maximum atomic E-state index is 9.98. The number of carbonyl (C=O) groups excluding carboxylic acids is 1. The Morgan fingerprint density at radius 2 is 1.86 bits per heavy atom. The third kappa shape index (κ3) is 22.4. The van der Waals surface area contributed by atoms with Crippen molar-refractivity contribution in [1.29, 1.82) is 0 Å². The largest absolute Gasteiger partial charge is 0.481 e. The highest BCUT2D eigenvalue weighted by Crippen LogP contribution is 1.96. The van der Waals surface area contributed by atoms with E-state index in [2.05, 4.69) is 4.74 Å². The van der Waals surface area contributed by atoms with Gasteiger partial charge >= 0.3 is 11.9 Å². The summed E-state index contributed by atoms with van der Waals surface area (Å²) in [6.07, 6.45) is 1.18. The molecule has 0 spiro atoms. The number of hydrogen-bond donors (Lipinski definition) is 1. The van der Waals surface area contributed by atoms with Gasteiger partial charge in [0, 0.05) is 13.3 Å². The number of ether oxygens (including phenoxy) is 1. The van der Waals surface area contributed by atoms with E-state index in [9.17, 15) is 9.59 Å². The molecule has 0 rings (SSSR count). The van der Waals surface area contributed by atoms with Crippen LogP contribution >= 0.6 is 0 Å². The van der Waals surface area contributed by atoms with Crippen molar-refractivity contribution < 1.29 is 19.4 Å². The zero-order chi connectivity index (χ0) is 11.6. The summed E-state index contributed by atoms with van der Waals surface area (Å²) in [7, 11) is 0. The van der Waals surface area contributed by atoms with Gasteiger partial charge < -0.3 is 9.84 Å². The number of aliphatic carboxylic acids is 1. The summed E-state index contributed by atoms with van der Waals surface area (Å²) in [4.78, 5) is 19.8. The number of carboxylic acids is 1. The Balaban J connectivity index is 0. The standard InChI is InChI=1S/2C5H10O2/c1-4(2)3-5(6)7;1-3-4-7-5(2)6/h4H,3H2,1-2H3,(H,6,7);3-4H2,1-2H3. The summed E-state index contributed by atoms with van der Waals surface area (Å²) in [5.74, 6) is -0.630. The van der Waals surface area contributed by atoms with Crippen LogP contribution in [0.2, 0.25) is 0 Å². The van der Waals surface area contributed by atoms with Crippen molar-refractivity contribution in [3.05, 3.63) is 0 Å². The van der Waals surface area contributed by atoms with Crippen LogP contribution in [-0.2, 0) is 14.3 Å². The zero-order valence-electron chi connectivity index (χ0n) is 9.37. The van der Waals surface area contributed by atoms with Crippen molar-refractivity contribution in [3.63, 3.8) is 0 Å². The Kier molecular flexibility index (Phi) is 11.0. The van der Waals surface area contributed by atoms with E-state index in [4.69, 9.17) is 5.11 Å². The second kappa shape index (κ2) is 10.0. The van der Waals surface area contributed by atoms with Crippen LogP contribution in [0.25, 0.3) is 0 Å². The Labute approximate surface area is 85.3 Å². The quantitative estimate of drug-likeness (QED) is 0.712. The lowest BCUT2D eigenvalue weighted by Gasteiger charge is -1.94. The van der Waals surface area contributed by atoms with Gasteiger partial charge in [0.2, 0.25) is 0 Å². The molecule has 0 unspecified atom stereocenters. The molecule has 0 aliphatic rings. The van der Waals surface area contributed by atoms with Crippen molar-refractivity contribution >= 4 is 11.9 Å². The number of carboxylic acid groups (broad SMARTS) is 1. The van der Waals surface area contributed by atoms with Crippen molar-refractivity contribution in [2.45, 2.75) is 40.5 Å². The van der Waals surface area contributed by atoms with Gasteiger partial charge in [0.25, 0.3) is 0 Å². The van der Waals surface area contributed by atoms with Crippen LogP contribution in [0.5, 0.6) is 0 Å². The number of rotatable bonds is 4. The van der Waals surface area contributed by atoms with E-state index in [-0.39, 0.29) is 18.3 Å². The topological polar surface area (TPSA) is 63.6 Å². The smallest absolute Gasteiger partial charge is 0.303 e. The Morgan fingerprint density at radius 1 is 1.36 bits per heavy atom. The highest BCUT2D eigenvalue weighted by atomic mass is 16.5. The first-order valence-corrected chi connectivity index (χ1v) is 4.75. The van der Waals surface area contributed by atoms with Crippen LogP contribution in [-0.4, -0.2) is 23.7 Å². The summed E-state index contributed by atoms with van der Waals surface area (Å²) in [6.45, 7) is 7.69.